The summed E-state index contributed by atoms with van der Waals surface area (Å²) in [5, 5.41) is 15.0. The van der Waals surface area contributed by atoms with E-state index in [-0.39, 0.29) is 11.9 Å². The molecule has 30 heavy (non-hydrogen) atoms. The molecule has 2 heterocycles. The number of nitrogens with one attached hydrogen (secondary N) is 2. The predicted molar refractivity (Wildman–Crippen MR) is 115 cm³/mol. The van der Waals surface area contributed by atoms with E-state index >= 15 is 0 Å². The number of halogens is 1. The molecule has 0 fully saturated rings. The van der Waals surface area contributed by atoms with Crippen molar-refractivity contribution in [2.75, 3.05) is 11.9 Å². The van der Waals surface area contributed by atoms with E-state index in [1.54, 1.807) is 30.6 Å². The number of carbonyl (C=O) groups excluding carboxylic acids is 1. The van der Waals surface area contributed by atoms with Crippen LogP contribution in [0.5, 0.6) is 0 Å². The van der Waals surface area contributed by atoms with Crippen molar-refractivity contribution in [3.8, 4) is 5.69 Å². The number of fused-ring (bicyclic) bond motifs is 1. The molecule has 9 heteroatoms. The van der Waals surface area contributed by atoms with Crippen LogP contribution in [-0.4, -0.2) is 38.5 Å². The van der Waals surface area contributed by atoms with E-state index in [0.717, 1.165) is 5.56 Å². The number of hydrogen-bond donors (Lipinski definition) is 2. The van der Waals surface area contributed by atoms with Crippen LogP contribution < -0.4 is 10.6 Å². The highest BCUT2D eigenvalue weighted by molar-refractivity contribution is 6.31. The van der Waals surface area contributed by atoms with E-state index in [4.69, 9.17) is 16.0 Å². The average Bonchev–Trinajstić information content (AvgIpc) is 3.37. The van der Waals surface area contributed by atoms with Gasteiger partial charge in [0.15, 0.2) is 5.58 Å². The summed E-state index contributed by atoms with van der Waals surface area (Å²) < 4.78 is 5.68. The predicted octanol–water partition coefficient (Wildman–Crippen LogP) is 3.99. The number of rotatable bonds is 7. The fourth-order valence-electron chi connectivity index (χ4n) is 3.09. The zero-order valence-electron chi connectivity index (χ0n) is 16.6. The van der Waals surface area contributed by atoms with Crippen molar-refractivity contribution in [1.29, 1.82) is 0 Å². The van der Waals surface area contributed by atoms with Gasteiger partial charge in [-0.2, -0.15) is 20.0 Å². The molecule has 0 saturated carbocycles. The molecule has 0 aliphatic carbocycles. The molecule has 0 aliphatic heterocycles. The Labute approximate surface area is 178 Å². The molecule has 154 valence electrons. The number of anilines is 1. The van der Waals surface area contributed by atoms with Gasteiger partial charge in [-0.3, -0.25) is 4.79 Å². The Hall–Kier alpha value is -3.39. The summed E-state index contributed by atoms with van der Waals surface area (Å²) in [6, 6.07) is 11.4. The van der Waals surface area contributed by atoms with Crippen molar-refractivity contribution in [2.45, 2.75) is 26.3 Å². The molecule has 2 N–H and O–H groups in total. The summed E-state index contributed by atoms with van der Waals surface area (Å²) in [7, 11) is 0. The molecule has 0 saturated heterocycles. The summed E-state index contributed by atoms with van der Waals surface area (Å²) >= 11 is 5.98. The highest BCUT2D eigenvalue weighted by atomic mass is 35.5. The third-order valence-electron chi connectivity index (χ3n) is 4.61. The first-order valence-corrected chi connectivity index (χ1v) is 9.95. The molecule has 0 aliphatic rings. The van der Waals surface area contributed by atoms with Gasteiger partial charge in [0.05, 0.1) is 23.6 Å². The number of nitrogens with zero attached hydrogens (tertiary/aromatic N) is 4. The highest BCUT2D eigenvalue weighted by Crippen LogP contribution is 2.23. The van der Waals surface area contributed by atoms with Gasteiger partial charge in [-0.1, -0.05) is 23.2 Å². The van der Waals surface area contributed by atoms with Crippen molar-refractivity contribution < 1.29 is 9.21 Å². The Kier molecular flexibility index (Phi) is 5.67. The molecule has 0 radical (unpaired) electrons. The molecule has 1 amide bonds. The van der Waals surface area contributed by atoms with Gasteiger partial charge in [0, 0.05) is 17.6 Å². The SMILES string of the molecule is Cc1ccc(-n2nccn2)c(C(=O)NCC[C@@H](C)Nc2nc3cc(Cl)ccc3o2)c1. The van der Waals surface area contributed by atoms with Crippen LogP contribution in [0.2, 0.25) is 5.02 Å². The Bertz CT molecular complexity index is 1170. The minimum atomic E-state index is -0.172. The number of aromatic nitrogens is 4. The summed E-state index contributed by atoms with van der Waals surface area (Å²) in [6.45, 7) is 4.43. The average molecular weight is 425 g/mol. The van der Waals surface area contributed by atoms with Crippen molar-refractivity contribution in [1.82, 2.24) is 25.3 Å². The Morgan fingerprint density at radius 2 is 2.00 bits per heavy atom. The molecule has 4 aromatic rings. The lowest BCUT2D eigenvalue weighted by Crippen LogP contribution is -2.29. The van der Waals surface area contributed by atoms with E-state index < -0.39 is 0 Å². The molecule has 2 aromatic carbocycles. The summed E-state index contributed by atoms with van der Waals surface area (Å²) in [6.07, 6.45) is 3.84. The van der Waals surface area contributed by atoms with Gasteiger partial charge in [-0.25, -0.2) is 0 Å². The molecular formula is C21H21ClN6O2. The van der Waals surface area contributed by atoms with Crippen LogP contribution in [0, 0.1) is 6.92 Å². The molecule has 4 rings (SSSR count). The standard InChI is InChI=1S/C21H21ClN6O2/c1-13-3-5-18(28-24-9-10-25-28)16(11-13)20(29)23-8-7-14(2)26-21-27-17-12-15(22)4-6-19(17)30-21/h3-6,9-12,14H,7-8H2,1-2H3,(H,23,29)(H,26,27)/t14-/m1/s1. The largest absolute Gasteiger partial charge is 0.424 e. The van der Waals surface area contributed by atoms with Crippen LogP contribution in [0.25, 0.3) is 16.8 Å². The minimum absolute atomic E-state index is 0.0404. The third kappa shape index (κ3) is 4.44. The van der Waals surface area contributed by atoms with Crippen LogP contribution in [0.4, 0.5) is 6.01 Å². The number of amides is 1. The van der Waals surface area contributed by atoms with Crippen molar-refractivity contribution in [2.24, 2.45) is 0 Å². The van der Waals surface area contributed by atoms with Crippen LogP contribution in [-0.2, 0) is 0 Å². The lowest BCUT2D eigenvalue weighted by molar-refractivity contribution is 0.0952. The lowest BCUT2D eigenvalue weighted by atomic mass is 10.1. The Morgan fingerprint density at radius 1 is 1.20 bits per heavy atom. The smallest absolute Gasteiger partial charge is 0.295 e. The van der Waals surface area contributed by atoms with Gasteiger partial charge in [0.1, 0.15) is 5.52 Å². The monoisotopic (exact) mass is 424 g/mol. The van der Waals surface area contributed by atoms with Gasteiger partial charge < -0.3 is 15.1 Å². The second-order valence-corrected chi connectivity index (χ2v) is 7.50. The Morgan fingerprint density at radius 3 is 2.80 bits per heavy atom. The maximum absolute atomic E-state index is 12.8. The van der Waals surface area contributed by atoms with Crippen LogP contribution in [0.15, 0.2) is 53.2 Å². The van der Waals surface area contributed by atoms with E-state index in [1.165, 1.54) is 4.80 Å². The van der Waals surface area contributed by atoms with Crippen LogP contribution in [0.3, 0.4) is 0 Å². The molecule has 0 bridgehead atoms. The molecule has 2 aromatic heterocycles. The minimum Gasteiger partial charge on any atom is -0.424 e. The number of oxazole rings is 1. The fourth-order valence-corrected chi connectivity index (χ4v) is 3.26. The zero-order valence-corrected chi connectivity index (χ0v) is 17.3. The quantitative estimate of drug-likeness (QED) is 0.465. The third-order valence-corrected chi connectivity index (χ3v) is 4.85. The maximum Gasteiger partial charge on any atom is 0.295 e. The topological polar surface area (TPSA) is 97.9 Å². The van der Waals surface area contributed by atoms with Gasteiger partial charge >= 0.3 is 0 Å². The zero-order chi connectivity index (χ0) is 21.1. The van der Waals surface area contributed by atoms with Crippen LogP contribution in [0.1, 0.15) is 29.3 Å². The molecule has 1 atom stereocenters. The van der Waals surface area contributed by atoms with Crippen molar-refractivity contribution in [3.63, 3.8) is 0 Å². The van der Waals surface area contributed by atoms with Gasteiger partial charge in [-0.05, 0) is 50.6 Å². The first kappa shape index (κ1) is 19.9. The molecule has 0 spiro atoms. The lowest BCUT2D eigenvalue weighted by Gasteiger charge is -2.14. The van der Waals surface area contributed by atoms with Crippen molar-refractivity contribution in [3.05, 3.63) is 64.9 Å². The summed E-state index contributed by atoms with van der Waals surface area (Å²) in [4.78, 5) is 18.6. The molecule has 8 nitrogen and oxygen atoms in total. The van der Waals surface area contributed by atoms with E-state index in [0.29, 0.717) is 46.4 Å². The fraction of sp³-hybridized carbons (Fsp3) is 0.238. The van der Waals surface area contributed by atoms with E-state index in [1.807, 2.05) is 32.0 Å². The number of aryl methyl sites for hydroxylation is 1. The second-order valence-electron chi connectivity index (χ2n) is 7.06. The van der Waals surface area contributed by atoms with Gasteiger partial charge in [-0.15, -0.1) is 0 Å². The van der Waals surface area contributed by atoms with Crippen LogP contribution >= 0.6 is 11.6 Å². The second kappa shape index (κ2) is 8.54. The molecule has 0 unspecified atom stereocenters. The summed E-state index contributed by atoms with van der Waals surface area (Å²) in [5.74, 6) is -0.172. The maximum atomic E-state index is 12.8. The number of benzene rings is 2. The Balaban J connectivity index is 1.36. The summed E-state index contributed by atoms with van der Waals surface area (Å²) in [5.41, 5.74) is 3.52. The highest BCUT2D eigenvalue weighted by Gasteiger charge is 2.15. The number of hydrogen-bond acceptors (Lipinski definition) is 6. The van der Waals surface area contributed by atoms with Crippen molar-refractivity contribution >= 4 is 34.6 Å². The first-order chi connectivity index (χ1) is 14.5. The van der Waals surface area contributed by atoms with Gasteiger partial charge in [0.2, 0.25) is 0 Å². The normalized spacial score (nSPS) is 12.1. The van der Waals surface area contributed by atoms with E-state index in [9.17, 15) is 4.79 Å². The number of carbonyl (C=O) groups is 1. The van der Waals surface area contributed by atoms with Gasteiger partial charge in [0.25, 0.3) is 11.9 Å². The first-order valence-electron chi connectivity index (χ1n) is 9.58. The van der Waals surface area contributed by atoms with E-state index in [2.05, 4.69) is 25.8 Å². The molecular weight excluding hydrogens is 404 g/mol.